The Morgan fingerprint density at radius 3 is 2.27 bits per heavy atom. The molecule has 0 aromatic heterocycles. The van der Waals surface area contributed by atoms with Crippen LogP contribution in [0.3, 0.4) is 0 Å². The Balaban J connectivity index is 4.41. The minimum absolute atomic E-state index is 0.0265. The molecule has 2 N–H and O–H groups in total. The zero-order chi connectivity index (χ0) is 12.0. The quantitative estimate of drug-likeness (QED) is 0.682. The summed E-state index contributed by atoms with van der Waals surface area (Å²) in [5.74, 6) is 0.472. The average molecular weight is 212 g/mol. The lowest BCUT2D eigenvalue weighted by molar-refractivity contribution is -0.134. The van der Waals surface area contributed by atoms with E-state index in [4.69, 9.17) is 5.73 Å². The molecule has 3 heteroatoms. The van der Waals surface area contributed by atoms with E-state index < -0.39 is 0 Å². The van der Waals surface area contributed by atoms with Gasteiger partial charge >= 0.3 is 0 Å². The minimum Gasteiger partial charge on any atom is -0.335 e. The molecule has 0 aliphatic carbocycles. The molecule has 1 atom stereocenters. The van der Waals surface area contributed by atoms with E-state index in [9.17, 15) is 4.79 Å². The third-order valence-electron chi connectivity index (χ3n) is 2.27. The summed E-state index contributed by atoms with van der Waals surface area (Å²) < 4.78 is 0. The van der Waals surface area contributed by atoms with Gasteiger partial charge in [0.05, 0.1) is 6.04 Å². The van der Waals surface area contributed by atoms with Crippen LogP contribution in [0.1, 0.15) is 34.1 Å². The molecule has 15 heavy (non-hydrogen) atoms. The summed E-state index contributed by atoms with van der Waals surface area (Å²) in [5.41, 5.74) is 5.86. The summed E-state index contributed by atoms with van der Waals surface area (Å²) in [6.45, 7) is 12.3. The van der Waals surface area contributed by atoms with Gasteiger partial charge in [-0.25, -0.2) is 0 Å². The van der Waals surface area contributed by atoms with E-state index in [-0.39, 0.29) is 18.0 Å². The average Bonchev–Trinajstić information content (AvgIpc) is 2.11. The van der Waals surface area contributed by atoms with E-state index in [1.807, 2.05) is 13.8 Å². The van der Waals surface area contributed by atoms with Crippen molar-refractivity contribution in [1.29, 1.82) is 0 Å². The lowest BCUT2D eigenvalue weighted by atomic mass is 10.0. The Morgan fingerprint density at radius 2 is 1.93 bits per heavy atom. The number of nitrogens with two attached hydrogens (primary N) is 1. The number of hydrogen-bond acceptors (Lipinski definition) is 2. The van der Waals surface area contributed by atoms with Crippen LogP contribution in [0.5, 0.6) is 0 Å². The predicted molar refractivity (Wildman–Crippen MR) is 64.5 cm³/mol. The topological polar surface area (TPSA) is 46.3 Å². The second kappa shape index (κ2) is 6.62. The lowest BCUT2D eigenvalue weighted by Gasteiger charge is -2.28. The molecule has 0 heterocycles. The standard InChI is InChI=1S/C12H24N2O/c1-6-7-14(10(4)5)12(15)11(13)8-9(2)3/h6,9-11H,1,7-8,13H2,2-5H3/t11-/m1/s1. The zero-order valence-corrected chi connectivity index (χ0v) is 10.4. The Hall–Kier alpha value is -0.830. The molecule has 0 aromatic rings. The largest absolute Gasteiger partial charge is 0.335 e. The first kappa shape index (κ1) is 14.2. The predicted octanol–water partition coefficient (Wildman–Crippen LogP) is 1.78. The fraction of sp³-hybridized carbons (Fsp3) is 0.750. The van der Waals surface area contributed by atoms with Gasteiger partial charge in [0.1, 0.15) is 0 Å². The Morgan fingerprint density at radius 1 is 1.40 bits per heavy atom. The molecule has 0 fully saturated rings. The van der Waals surface area contributed by atoms with Gasteiger partial charge < -0.3 is 10.6 Å². The zero-order valence-electron chi connectivity index (χ0n) is 10.4. The van der Waals surface area contributed by atoms with Gasteiger partial charge in [-0.1, -0.05) is 19.9 Å². The normalized spacial score (nSPS) is 13.0. The third kappa shape index (κ3) is 4.98. The van der Waals surface area contributed by atoms with Crippen LogP contribution in [0.4, 0.5) is 0 Å². The van der Waals surface area contributed by atoms with Crippen molar-refractivity contribution in [2.24, 2.45) is 11.7 Å². The van der Waals surface area contributed by atoms with Gasteiger partial charge in [-0.3, -0.25) is 4.79 Å². The highest BCUT2D eigenvalue weighted by atomic mass is 16.2. The van der Waals surface area contributed by atoms with Crippen molar-refractivity contribution < 1.29 is 4.79 Å². The summed E-state index contributed by atoms with van der Waals surface area (Å²) in [6.07, 6.45) is 2.47. The number of rotatable bonds is 6. The first-order valence-electron chi connectivity index (χ1n) is 5.57. The summed E-state index contributed by atoms with van der Waals surface area (Å²) in [4.78, 5) is 13.7. The second-order valence-corrected chi connectivity index (χ2v) is 4.61. The molecule has 0 saturated heterocycles. The van der Waals surface area contributed by atoms with Crippen LogP contribution in [-0.4, -0.2) is 29.4 Å². The molecular weight excluding hydrogens is 188 g/mol. The van der Waals surface area contributed by atoms with Gasteiger partial charge in [0.25, 0.3) is 0 Å². The maximum atomic E-state index is 12.0. The summed E-state index contributed by atoms with van der Waals surface area (Å²) in [5, 5.41) is 0. The maximum absolute atomic E-state index is 12.0. The smallest absolute Gasteiger partial charge is 0.240 e. The van der Waals surface area contributed by atoms with Gasteiger partial charge in [0.2, 0.25) is 5.91 Å². The van der Waals surface area contributed by atoms with Gasteiger partial charge in [-0.2, -0.15) is 0 Å². The summed E-state index contributed by atoms with van der Waals surface area (Å²) in [6, 6.07) is -0.207. The first-order chi connectivity index (χ1) is 6.90. The van der Waals surface area contributed by atoms with Crippen LogP contribution >= 0.6 is 0 Å². The highest BCUT2D eigenvalue weighted by molar-refractivity contribution is 5.82. The fourth-order valence-electron chi connectivity index (χ4n) is 1.52. The molecule has 3 nitrogen and oxygen atoms in total. The van der Waals surface area contributed by atoms with Crippen LogP contribution in [0.15, 0.2) is 12.7 Å². The van der Waals surface area contributed by atoms with Crippen molar-refractivity contribution in [3.05, 3.63) is 12.7 Å². The van der Waals surface area contributed by atoms with E-state index in [1.54, 1.807) is 11.0 Å². The third-order valence-corrected chi connectivity index (χ3v) is 2.27. The second-order valence-electron chi connectivity index (χ2n) is 4.61. The maximum Gasteiger partial charge on any atom is 0.240 e. The monoisotopic (exact) mass is 212 g/mol. The van der Waals surface area contributed by atoms with E-state index in [1.165, 1.54) is 0 Å². The molecule has 0 saturated carbocycles. The van der Waals surface area contributed by atoms with E-state index >= 15 is 0 Å². The van der Waals surface area contributed by atoms with Gasteiger partial charge in [-0.15, -0.1) is 6.58 Å². The molecule has 0 aliphatic rings. The summed E-state index contributed by atoms with van der Waals surface area (Å²) >= 11 is 0. The van der Waals surface area contributed by atoms with Crippen LogP contribution in [-0.2, 0) is 4.79 Å². The molecule has 0 radical (unpaired) electrons. The highest BCUT2D eigenvalue weighted by Gasteiger charge is 2.22. The van der Waals surface area contributed by atoms with E-state index in [0.29, 0.717) is 12.5 Å². The van der Waals surface area contributed by atoms with Crippen molar-refractivity contribution in [3.8, 4) is 0 Å². The van der Waals surface area contributed by atoms with Crippen LogP contribution < -0.4 is 5.73 Å². The fourth-order valence-corrected chi connectivity index (χ4v) is 1.52. The van der Waals surface area contributed by atoms with Crippen molar-refractivity contribution >= 4 is 5.91 Å². The van der Waals surface area contributed by atoms with Gasteiger partial charge in [0, 0.05) is 12.6 Å². The van der Waals surface area contributed by atoms with Crippen LogP contribution in [0.2, 0.25) is 0 Å². The van der Waals surface area contributed by atoms with E-state index in [0.717, 1.165) is 6.42 Å². The molecular formula is C12H24N2O. The minimum atomic E-state index is -0.382. The molecule has 0 unspecified atom stereocenters. The number of hydrogen-bond donors (Lipinski definition) is 1. The number of nitrogens with zero attached hydrogens (tertiary/aromatic N) is 1. The van der Waals surface area contributed by atoms with Gasteiger partial charge in [-0.05, 0) is 26.2 Å². The molecule has 0 aliphatic heterocycles. The van der Waals surface area contributed by atoms with Crippen LogP contribution in [0.25, 0.3) is 0 Å². The van der Waals surface area contributed by atoms with Crippen molar-refractivity contribution in [3.63, 3.8) is 0 Å². The first-order valence-corrected chi connectivity index (χ1v) is 5.57. The Labute approximate surface area is 93.3 Å². The lowest BCUT2D eigenvalue weighted by Crippen LogP contribution is -2.47. The van der Waals surface area contributed by atoms with Gasteiger partial charge in [0.15, 0.2) is 0 Å². The molecule has 0 rings (SSSR count). The Bertz CT molecular complexity index is 212. The van der Waals surface area contributed by atoms with Crippen LogP contribution in [0, 0.1) is 5.92 Å². The molecule has 0 aromatic carbocycles. The summed E-state index contributed by atoms with van der Waals surface area (Å²) in [7, 11) is 0. The van der Waals surface area contributed by atoms with Crippen molar-refractivity contribution in [2.45, 2.75) is 46.2 Å². The Kier molecular flexibility index (Phi) is 6.25. The number of amides is 1. The highest BCUT2D eigenvalue weighted by Crippen LogP contribution is 2.08. The number of carbonyl (C=O) groups is 1. The van der Waals surface area contributed by atoms with Crippen molar-refractivity contribution in [1.82, 2.24) is 4.90 Å². The molecule has 88 valence electrons. The SMILES string of the molecule is C=CCN(C(=O)[C@H](N)CC(C)C)C(C)C. The van der Waals surface area contributed by atoms with E-state index in [2.05, 4.69) is 20.4 Å². The van der Waals surface area contributed by atoms with Crippen molar-refractivity contribution in [2.75, 3.05) is 6.54 Å². The molecule has 0 bridgehead atoms. The number of carbonyl (C=O) groups excluding carboxylic acids is 1. The molecule has 1 amide bonds. The molecule has 0 spiro atoms.